The fourth-order valence-corrected chi connectivity index (χ4v) is 2.19. The van der Waals surface area contributed by atoms with Crippen LogP contribution in [0.3, 0.4) is 0 Å². The van der Waals surface area contributed by atoms with Gasteiger partial charge in [-0.15, -0.1) is 0 Å². The van der Waals surface area contributed by atoms with Gasteiger partial charge in [0.2, 0.25) is 0 Å². The van der Waals surface area contributed by atoms with Crippen LogP contribution in [0.2, 0.25) is 0 Å². The zero-order chi connectivity index (χ0) is 12.4. The molecule has 0 radical (unpaired) electrons. The predicted octanol–water partition coefficient (Wildman–Crippen LogP) is 1.09. The molecule has 0 bridgehead atoms. The van der Waals surface area contributed by atoms with Crippen molar-refractivity contribution in [2.75, 3.05) is 24.7 Å². The molecule has 1 saturated heterocycles. The summed E-state index contributed by atoms with van der Waals surface area (Å²) in [6, 6.07) is 4.10. The van der Waals surface area contributed by atoms with Crippen molar-refractivity contribution in [1.82, 2.24) is 20.2 Å². The molecule has 2 aromatic rings. The van der Waals surface area contributed by atoms with Crippen LogP contribution in [0.15, 0.2) is 24.7 Å². The van der Waals surface area contributed by atoms with Crippen molar-refractivity contribution in [2.45, 2.75) is 13.0 Å². The van der Waals surface area contributed by atoms with E-state index in [4.69, 9.17) is 4.74 Å². The fraction of sp³-hybridized carbons (Fsp3) is 0.417. The van der Waals surface area contributed by atoms with Crippen molar-refractivity contribution in [2.24, 2.45) is 0 Å². The Hall–Kier alpha value is -1.95. The fourth-order valence-electron chi connectivity index (χ4n) is 2.19. The number of H-pyrrole nitrogens is 1. The minimum Gasteiger partial charge on any atom is -0.377 e. The van der Waals surface area contributed by atoms with Gasteiger partial charge < -0.3 is 9.64 Å². The first-order valence-electron chi connectivity index (χ1n) is 5.97. The van der Waals surface area contributed by atoms with E-state index < -0.39 is 0 Å². The highest BCUT2D eigenvalue weighted by molar-refractivity contribution is 5.42. The third kappa shape index (κ3) is 2.06. The summed E-state index contributed by atoms with van der Waals surface area (Å²) in [6.45, 7) is 4.15. The molecular weight excluding hydrogens is 230 g/mol. The van der Waals surface area contributed by atoms with Crippen molar-refractivity contribution in [3.63, 3.8) is 0 Å². The zero-order valence-corrected chi connectivity index (χ0v) is 10.2. The molecular formula is C12H15N5O. The third-order valence-electron chi connectivity index (χ3n) is 3.09. The highest BCUT2D eigenvalue weighted by atomic mass is 16.5. The Balaban J connectivity index is 1.93. The summed E-state index contributed by atoms with van der Waals surface area (Å²) in [4.78, 5) is 10.7. The van der Waals surface area contributed by atoms with Gasteiger partial charge in [-0.1, -0.05) is 0 Å². The van der Waals surface area contributed by atoms with Crippen LogP contribution in [0.4, 0.5) is 5.82 Å². The molecule has 94 valence electrons. The first kappa shape index (κ1) is 11.2. The van der Waals surface area contributed by atoms with Crippen molar-refractivity contribution in [3.05, 3.63) is 36.0 Å². The molecule has 1 fully saturated rings. The summed E-state index contributed by atoms with van der Waals surface area (Å²) in [5.74, 6) is 0.936. The maximum Gasteiger partial charge on any atom is 0.132 e. The molecule has 3 rings (SSSR count). The van der Waals surface area contributed by atoms with Crippen molar-refractivity contribution in [3.8, 4) is 0 Å². The Kier molecular flexibility index (Phi) is 2.93. The summed E-state index contributed by atoms with van der Waals surface area (Å²) in [5, 5.41) is 7.01. The zero-order valence-electron chi connectivity index (χ0n) is 10.2. The first-order chi connectivity index (χ1) is 8.84. The number of hydrogen-bond donors (Lipinski definition) is 1. The van der Waals surface area contributed by atoms with E-state index in [1.807, 2.05) is 19.1 Å². The number of anilines is 1. The monoisotopic (exact) mass is 245 g/mol. The lowest BCUT2D eigenvalue weighted by Gasteiger charge is -2.35. The summed E-state index contributed by atoms with van der Waals surface area (Å²) in [6.07, 6.45) is 3.36. The van der Waals surface area contributed by atoms with Gasteiger partial charge in [0.25, 0.3) is 0 Å². The maximum absolute atomic E-state index is 5.56. The number of nitrogens with one attached hydrogen (secondary N) is 1. The average Bonchev–Trinajstić information content (AvgIpc) is 2.92. The average molecular weight is 245 g/mol. The number of hydrogen-bond acceptors (Lipinski definition) is 5. The molecule has 1 aliphatic rings. The second kappa shape index (κ2) is 4.73. The van der Waals surface area contributed by atoms with Crippen LogP contribution in [0.5, 0.6) is 0 Å². The van der Waals surface area contributed by atoms with Crippen LogP contribution in [-0.2, 0) is 4.74 Å². The predicted molar refractivity (Wildman–Crippen MR) is 66.3 cm³/mol. The largest absolute Gasteiger partial charge is 0.377 e. The van der Waals surface area contributed by atoms with Crippen LogP contribution in [0.25, 0.3) is 0 Å². The molecule has 3 heterocycles. The molecule has 0 aliphatic carbocycles. The minimum absolute atomic E-state index is 0.135. The second-order valence-corrected chi connectivity index (χ2v) is 4.31. The van der Waals surface area contributed by atoms with E-state index in [9.17, 15) is 0 Å². The van der Waals surface area contributed by atoms with E-state index >= 15 is 0 Å². The van der Waals surface area contributed by atoms with Gasteiger partial charge in [-0.2, -0.15) is 5.10 Å². The highest BCUT2D eigenvalue weighted by Gasteiger charge is 2.26. The second-order valence-electron chi connectivity index (χ2n) is 4.31. The molecule has 6 heteroatoms. The molecule has 0 aromatic carbocycles. The van der Waals surface area contributed by atoms with E-state index in [2.05, 4.69) is 25.1 Å². The van der Waals surface area contributed by atoms with Crippen molar-refractivity contribution >= 4 is 5.82 Å². The highest BCUT2D eigenvalue weighted by Crippen LogP contribution is 2.27. The Morgan fingerprint density at radius 1 is 1.44 bits per heavy atom. The van der Waals surface area contributed by atoms with E-state index in [0.29, 0.717) is 13.2 Å². The maximum atomic E-state index is 5.56. The smallest absolute Gasteiger partial charge is 0.132 e. The van der Waals surface area contributed by atoms with E-state index in [1.54, 1.807) is 12.5 Å². The Morgan fingerprint density at radius 2 is 2.39 bits per heavy atom. The number of aromatic nitrogens is 4. The molecule has 0 amide bonds. The van der Waals surface area contributed by atoms with Gasteiger partial charge in [0.1, 0.15) is 12.1 Å². The molecule has 6 nitrogen and oxygen atoms in total. The van der Waals surface area contributed by atoms with Gasteiger partial charge >= 0.3 is 0 Å². The van der Waals surface area contributed by atoms with E-state index in [-0.39, 0.29) is 6.04 Å². The van der Waals surface area contributed by atoms with Crippen LogP contribution >= 0.6 is 0 Å². The van der Waals surface area contributed by atoms with E-state index in [1.165, 1.54) is 0 Å². The quantitative estimate of drug-likeness (QED) is 0.857. The number of aryl methyl sites for hydroxylation is 1. The van der Waals surface area contributed by atoms with Crippen LogP contribution in [0, 0.1) is 6.92 Å². The number of ether oxygens (including phenoxy) is 1. The van der Waals surface area contributed by atoms with Gasteiger partial charge in [-0.25, -0.2) is 9.97 Å². The lowest BCUT2D eigenvalue weighted by molar-refractivity contribution is 0.0925. The molecule has 1 N–H and O–H groups in total. The number of nitrogens with zero attached hydrogens (tertiary/aromatic N) is 4. The van der Waals surface area contributed by atoms with Crippen LogP contribution in [-0.4, -0.2) is 39.9 Å². The molecule has 0 saturated carbocycles. The summed E-state index contributed by atoms with van der Waals surface area (Å²) < 4.78 is 5.56. The van der Waals surface area contributed by atoms with Crippen LogP contribution < -0.4 is 4.90 Å². The van der Waals surface area contributed by atoms with Gasteiger partial charge in [-0.05, 0) is 13.0 Å². The van der Waals surface area contributed by atoms with Crippen molar-refractivity contribution in [1.29, 1.82) is 0 Å². The lowest BCUT2D eigenvalue weighted by atomic mass is 10.1. The number of aromatic amines is 1. The van der Waals surface area contributed by atoms with Gasteiger partial charge in [0.15, 0.2) is 0 Å². The Labute approximate surface area is 105 Å². The lowest BCUT2D eigenvalue weighted by Crippen LogP contribution is -2.40. The molecule has 2 aromatic heterocycles. The molecule has 18 heavy (non-hydrogen) atoms. The summed E-state index contributed by atoms with van der Waals surface area (Å²) in [7, 11) is 0. The van der Waals surface area contributed by atoms with Gasteiger partial charge in [-0.3, -0.25) is 5.10 Å². The minimum atomic E-state index is 0.135. The molecule has 1 atom stereocenters. The number of morpholine rings is 1. The van der Waals surface area contributed by atoms with Gasteiger partial charge in [0.05, 0.1) is 24.9 Å². The Morgan fingerprint density at radius 3 is 3.17 bits per heavy atom. The van der Waals surface area contributed by atoms with Crippen molar-refractivity contribution < 1.29 is 4.74 Å². The molecule has 1 aliphatic heterocycles. The SMILES string of the molecule is Cc1cc(N2CCOC[C@@H]2c2ccn[nH]2)ncn1. The molecule has 0 unspecified atom stereocenters. The Bertz CT molecular complexity index is 513. The summed E-state index contributed by atoms with van der Waals surface area (Å²) >= 11 is 0. The van der Waals surface area contributed by atoms with E-state index in [0.717, 1.165) is 23.8 Å². The molecule has 0 spiro atoms. The van der Waals surface area contributed by atoms with Gasteiger partial charge in [0, 0.05) is 24.5 Å². The topological polar surface area (TPSA) is 66.9 Å². The first-order valence-corrected chi connectivity index (χ1v) is 5.97. The standard InChI is InChI=1S/C12H15N5O/c1-9-6-12(14-8-13-9)17-4-5-18-7-11(17)10-2-3-15-16-10/h2-3,6,8,11H,4-5,7H2,1H3,(H,15,16)/t11-/m1/s1. The third-order valence-corrected chi connectivity index (χ3v) is 3.09. The summed E-state index contributed by atoms with van der Waals surface area (Å²) in [5.41, 5.74) is 2.01. The normalized spacial score (nSPS) is 20.1. The van der Waals surface area contributed by atoms with Crippen LogP contribution in [0.1, 0.15) is 17.4 Å². The number of rotatable bonds is 2.